The minimum Gasteiger partial charge on any atom is -0.371 e. The maximum Gasteiger partial charge on any atom is 0.249 e. The number of nitrogens with one attached hydrogen (secondary N) is 2. The summed E-state index contributed by atoms with van der Waals surface area (Å²) in [5, 5.41) is 26.4. The first-order chi connectivity index (χ1) is 18.9. The van der Waals surface area contributed by atoms with Crippen molar-refractivity contribution in [2.45, 2.75) is 24.9 Å². The first-order valence-electron chi connectivity index (χ1n) is 11.9. The minimum atomic E-state index is -1.22. The summed E-state index contributed by atoms with van der Waals surface area (Å²) >= 11 is 12.9. The molecule has 1 aliphatic rings. The molecule has 0 spiro atoms. The number of fused-ring (bicyclic) bond motifs is 1. The maximum absolute atomic E-state index is 13.8. The number of aromatic nitrogens is 5. The van der Waals surface area contributed by atoms with Gasteiger partial charge in [-0.05, 0) is 42.7 Å². The van der Waals surface area contributed by atoms with E-state index in [1.807, 2.05) is 29.1 Å². The Balaban J connectivity index is 1.46. The smallest absolute Gasteiger partial charge is 0.249 e. The number of benzene rings is 2. The highest BCUT2D eigenvalue weighted by Crippen LogP contribution is 2.38. The van der Waals surface area contributed by atoms with Gasteiger partial charge in [-0.25, -0.2) is 14.1 Å². The Hall–Kier alpha value is -4.33. The Kier molecular flexibility index (Phi) is 6.46. The molecule has 12 heteroatoms. The zero-order valence-corrected chi connectivity index (χ0v) is 21.5. The van der Waals surface area contributed by atoms with E-state index < -0.39 is 17.8 Å². The Morgan fingerprint density at radius 2 is 1.90 bits per heavy atom. The van der Waals surface area contributed by atoms with Gasteiger partial charge in [0.25, 0.3) is 0 Å². The SMILES string of the molecule is N#Cc1cnc2c(N[C@@H](c3cccc(Cl)c3)c3cn(C4CC4)nn3)cc(Cl)cc2c1Nc1cnc(F)c(F)c1. The summed E-state index contributed by atoms with van der Waals surface area (Å²) in [6.45, 7) is 0. The molecule has 1 saturated carbocycles. The molecule has 1 atom stereocenters. The quantitative estimate of drug-likeness (QED) is 0.206. The molecule has 39 heavy (non-hydrogen) atoms. The van der Waals surface area contributed by atoms with Gasteiger partial charge in [-0.1, -0.05) is 40.5 Å². The van der Waals surface area contributed by atoms with Gasteiger partial charge in [0.15, 0.2) is 5.82 Å². The van der Waals surface area contributed by atoms with E-state index in [1.165, 1.54) is 6.20 Å². The molecule has 8 nitrogen and oxygen atoms in total. The summed E-state index contributed by atoms with van der Waals surface area (Å²) < 4.78 is 29.1. The van der Waals surface area contributed by atoms with E-state index in [4.69, 9.17) is 23.2 Å². The van der Waals surface area contributed by atoms with Gasteiger partial charge in [0.2, 0.25) is 5.95 Å². The van der Waals surface area contributed by atoms with Crippen molar-refractivity contribution in [1.82, 2.24) is 25.0 Å². The van der Waals surface area contributed by atoms with Crippen LogP contribution in [-0.4, -0.2) is 25.0 Å². The number of halogens is 4. The zero-order chi connectivity index (χ0) is 27.1. The van der Waals surface area contributed by atoms with Crippen LogP contribution in [0.3, 0.4) is 0 Å². The lowest BCUT2D eigenvalue weighted by atomic mass is 10.0. The number of hydrogen-bond donors (Lipinski definition) is 2. The van der Waals surface area contributed by atoms with E-state index in [-0.39, 0.29) is 11.3 Å². The molecule has 0 aliphatic heterocycles. The van der Waals surface area contributed by atoms with Gasteiger partial charge in [0.05, 0.1) is 52.6 Å². The van der Waals surface area contributed by atoms with Gasteiger partial charge in [-0.15, -0.1) is 5.10 Å². The molecule has 194 valence electrons. The largest absolute Gasteiger partial charge is 0.371 e. The first kappa shape index (κ1) is 25.0. The molecule has 0 unspecified atom stereocenters. The van der Waals surface area contributed by atoms with Crippen LogP contribution < -0.4 is 10.6 Å². The molecule has 0 radical (unpaired) electrons. The molecule has 1 fully saturated rings. The molecule has 2 aromatic carbocycles. The molecule has 0 saturated heterocycles. The first-order valence-corrected chi connectivity index (χ1v) is 12.7. The standard InChI is InChI=1S/C27H18Cl2F2N8/c28-16-3-1-2-14(6-16)25(23-13-39(38-37-23)19-4-5-19)36-22-8-17(29)7-20-24(15(10-32)11-33-26(20)22)35-18-9-21(30)27(31)34-12-18/h1-3,6-9,11-13,19,25,36H,4-5H2,(H,33,35)/t25-/m0/s1. The molecule has 5 aromatic rings. The van der Waals surface area contributed by atoms with Gasteiger partial charge in [-0.2, -0.15) is 9.65 Å². The second kappa shape index (κ2) is 10.1. The predicted octanol–water partition coefficient (Wildman–Crippen LogP) is 6.96. The second-order valence-electron chi connectivity index (χ2n) is 9.12. The van der Waals surface area contributed by atoms with Gasteiger partial charge >= 0.3 is 0 Å². The van der Waals surface area contributed by atoms with E-state index in [2.05, 4.69) is 37.0 Å². The molecule has 1 aliphatic carbocycles. The lowest BCUT2D eigenvalue weighted by molar-refractivity contribution is 0.480. The number of anilines is 3. The third-order valence-electron chi connectivity index (χ3n) is 6.35. The Labute approximate surface area is 231 Å². The monoisotopic (exact) mass is 562 g/mol. The van der Waals surface area contributed by atoms with Crippen molar-refractivity contribution in [2.24, 2.45) is 0 Å². The molecule has 3 heterocycles. The van der Waals surface area contributed by atoms with Crippen LogP contribution in [0.25, 0.3) is 10.9 Å². The molecule has 0 amide bonds. The van der Waals surface area contributed by atoms with E-state index in [9.17, 15) is 14.0 Å². The van der Waals surface area contributed by atoms with Crippen molar-refractivity contribution < 1.29 is 8.78 Å². The predicted molar refractivity (Wildman–Crippen MR) is 144 cm³/mol. The average Bonchev–Trinajstić information content (AvgIpc) is 3.66. The molecule has 6 rings (SSSR count). The van der Waals surface area contributed by atoms with Gasteiger partial charge in [-0.3, -0.25) is 4.98 Å². The van der Waals surface area contributed by atoms with Gasteiger partial charge in [0, 0.05) is 27.7 Å². The molecule has 3 aromatic heterocycles. The fourth-order valence-corrected chi connectivity index (χ4v) is 4.76. The van der Waals surface area contributed by atoms with Crippen molar-refractivity contribution in [3.63, 3.8) is 0 Å². The van der Waals surface area contributed by atoms with Crippen LogP contribution in [0.15, 0.2) is 61.1 Å². The highest BCUT2D eigenvalue weighted by molar-refractivity contribution is 6.32. The highest BCUT2D eigenvalue weighted by atomic mass is 35.5. The van der Waals surface area contributed by atoms with Crippen LogP contribution >= 0.6 is 23.2 Å². The summed E-state index contributed by atoms with van der Waals surface area (Å²) in [4.78, 5) is 7.94. The average molecular weight is 563 g/mol. The van der Waals surface area contributed by atoms with Crippen LogP contribution in [0.5, 0.6) is 0 Å². The summed E-state index contributed by atoms with van der Waals surface area (Å²) in [5.41, 5.74) is 3.22. The molecule has 0 bridgehead atoms. The fourth-order valence-electron chi connectivity index (χ4n) is 4.34. The van der Waals surface area contributed by atoms with Crippen LogP contribution in [0, 0.1) is 23.1 Å². The lowest BCUT2D eigenvalue weighted by Gasteiger charge is -2.21. The number of hydrogen-bond acceptors (Lipinski definition) is 7. The second-order valence-corrected chi connectivity index (χ2v) is 9.99. The number of nitrogens with zero attached hydrogens (tertiary/aromatic N) is 6. The van der Waals surface area contributed by atoms with Crippen LogP contribution in [0.1, 0.15) is 41.7 Å². The molecule has 2 N–H and O–H groups in total. The summed E-state index contributed by atoms with van der Waals surface area (Å²) in [5.74, 6) is -2.35. The maximum atomic E-state index is 13.8. The number of rotatable bonds is 7. The Bertz CT molecular complexity index is 1760. The number of pyridine rings is 2. The van der Waals surface area contributed by atoms with Gasteiger partial charge in [0.1, 0.15) is 11.8 Å². The molecular weight excluding hydrogens is 545 g/mol. The van der Waals surface area contributed by atoms with Crippen molar-refractivity contribution in [3.8, 4) is 6.07 Å². The number of nitriles is 1. The Morgan fingerprint density at radius 1 is 1.05 bits per heavy atom. The van der Waals surface area contributed by atoms with E-state index in [0.29, 0.717) is 44.1 Å². The van der Waals surface area contributed by atoms with Crippen molar-refractivity contribution in [3.05, 3.63) is 99.7 Å². The van der Waals surface area contributed by atoms with E-state index >= 15 is 0 Å². The third kappa shape index (κ3) is 5.06. The van der Waals surface area contributed by atoms with E-state index in [1.54, 1.807) is 18.2 Å². The summed E-state index contributed by atoms with van der Waals surface area (Å²) in [6, 6.07) is 13.7. The zero-order valence-electron chi connectivity index (χ0n) is 20.0. The van der Waals surface area contributed by atoms with Gasteiger partial charge < -0.3 is 10.6 Å². The minimum absolute atomic E-state index is 0.154. The summed E-state index contributed by atoms with van der Waals surface area (Å²) in [6.07, 6.45) is 6.56. The van der Waals surface area contributed by atoms with Crippen molar-refractivity contribution in [2.75, 3.05) is 10.6 Å². The van der Waals surface area contributed by atoms with Crippen molar-refractivity contribution >= 4 is 51.2 Å². The normalized spacial score (nSPS) is 13.7. The molecular formula is C27H18Cl2F2N8. The van der Waals surface area contributed by atoms with E-state index in [0.717, 1.165) is 30.7 Å². The van der Waals surface area contributed by atoms with Crippen LogP contribution in [-0.2, 0) is 0 Å². The third-order valence-corrected chi connectivity index (χ3v) is 6.80. The van der Waals surface area contributed by atoms with Crippen LogP contribution in [0.4, 0.5) is 25.8 Å². The topological polar surface area (TPSA) is 104 Å². The highest BCUT2D eigenvalue weighted by Gasteiger charge is 2.27. The van der Waals surface area contributed by atoms with Crippen LogP contribution in [0.2, 0.25) is 10.0 Å². The van der Waals surface area contributed by atoms with Crippen molar-refractivity contribution in [1.29, 1.82) is 5.26 Å². The lowest BCUT2D eigenvalue weighted by Crippen LogP contribution is -2.14. The summed E-state index contributed by atoms with van der Waals surface area (Å²) in [7, 11) is 0. The fraction of sp³-hybridized carbons (Fsp3) is 0.148. The Morgan fingerprint density at radius 3 is 2.64 bits per heavy atom.